The molecule has 1 fully saturated rings. The third kappa shape index (κ3) is 6.37. The summed E-state index contributed by atoms with van der Waals surface area (Å²) in [7, 11) is 3.74. The summed E-state index contributed by atoms with van der Waals surface area (Å²) in [6.07, 6.45) is 0.177. The number of aryl methyl sites for hydroxylation is 1. The lowest BCUT2D eigenvalue weighted by molar-refractivity contribution is -0.192. The lowest BCUT2D eigenvalue weighted by Gasteiger charge is -2.38. The molecule has 0 spiro atoms. The summed E-state index contributed by atoms with van der Waals surface area (Å²) in [6.45, 7) is 3.81. The first-order valence-electron chi connectivity index (χ1n) is 12.2. The molecule has 1 atom stereocenters. The molecule has 10 nitrogen and oxygen atoms in total. The number of likely N-dealkylation sites (N-methyl/N-ethyl adjacent to an activating group) is 1. The van der Waals surface area contributed by atoms with E-state index in [2.05, 4.69) is 38.6 Å². The second kappa shape index (κ2) is 11.7. The van der Waals surface area contributed by atoms with E-state index in [0.29, 0.717) is 18.8 Å². The van der Waals surface area contributed by atoms with Crippen LogP contribution in [0.3, 0.4) is 0 Å². The summed E-state index contributed by atoms with van der Waals surface area (Å²) in [5.41, 5.74) is 5.11. The summed E-state index contributed by atoms with van der Waals surface area (Å²) in [6, 6.07) is 14.1. The molecule has 40 heavy (non-hydrogen) atoms. The summed E-state index contributed by atoms with van der Waals surface area (Å²) >= 11 is 0. The van der Waals surface area contributed by atoms with E-state index in [1.165, 1.54) is 0 Å². The number of imidazole rings is 1. The van der Waals surface area contributed by atoms with Gasteiger partial charge in [-0.25, -0.2) is 14.8 Å². The van der Waals surface area contributed by atoms with Crippen molar-refractivity contribution in [1.82, 2.24) is 29.2 Å². The molecule has 4 aromatic rings. The smallest absolute Gasteiger partial charge is 0.490 e. The van der Waals surface area contributed by atoms with Gasteiger partial charge in [-0.15, -0.1) is 0 Å². The number of fused-ring (bicyclic) bond motifs is 1. The van der Waals surface area contributed by atoms with E-state index in [0.717, 1.165) is 40.6 Å². The Labute approximate surface area is 227 Å². The molecule has 13 heteroatoms. The van der Waals surface area contributed by atoms with Crippen molar-refractivity contribution < 1.29 is 32.6 Å². The average molecular weight is 557 g/mol. The Balaban J connectivity index is 0.000000470. The summed E-state index contributed by atoms with van der Waals surface area (Å²) in [5, 5.41) is 7.12. The molecule has 1 unspecified atom stereocenters. The van der Waals surface area contributed by atoms with E-state index >= 15 is 0 Å². The van der Waals surface area contributed by atoms with E-state index < -0.39 is 12.1 Å². The van der Waals surface area contributed by atoms with Gasteiger partial charge in [-0.1, -0.05) is 6.07 Å². The van der Waals surface area contributed by atoms with Crippen molar-refractivity contribution in [1.29, 1.82) is 0 Å². The normalized spacial score (nSPS) is 15.8. The molecule has 1 aliphatic rings. The quantitative estimate of drug-likeness (QED) is 0.403. The molecule has 3 aromatic heterocycles. The maximum Gasteiger partial charge on any atom is 0.490 e. The molecular weight excluding hydrogens is 529 g/mol. The van der Waals surface area contributed by atoms with E-state index in [1.807, 2.05) is 48.2 Å². The number of hydrogen-bond acceptors (Lipinski definition) is 7. The van der Waals surface area contributed by atoms with Gasteiger partial charge in [-0.05, 0) is 55.9 Å². The fraction of sp³-hybridized carbons (Fsp3) is 0.296. The van der Waals surface area contributed by atoms with Crippen molar-refractivity contribution in [3.05, 3.63) is 78.1 Å². The van der Waals surface area contributed by atoms with Gasteiger partial charge in [0, 0.05) is 32.0 Å². The highest BCUT2D eigenvalue weighted by Gasteiger charge is 2.38. The van der Waals surface area contributed by atoms with E-state index in [1.54, 1.807) is 19.5 Å². The Hall–Kier alpha value is -4.52. The number of methoxy groups -OCH3 is 1. The minimum atomic E-state index is -5.08. The zero-order valence-electron chi connectivity index (χ0n) is 22.0. The van der Waals surface area contributed by atoms with Gasteiger partial charge < -0.3 is 14.7 Å². The third-order valence-electron chi connectivity index (χ3n) is 6.42. The zero-order valence-corrected chi connectivity index (χ0v) is 22.0. The van der Waals surface area contributed by atoms with Crippen LogP contribution in [0.4, 0.5) is 13.2 Å². The molecule has 4 heterocycles. The number of hydrogen-bond donors (Lipinski definition) is 1. The van der Waals surface area contributed by atoms with Crippen LogP contribution in [0.15, 0.2) is 61.1 Å². The predicted octanol–water partition coefficient (Wildman–Crippen LogP) is 3.87. The molecule has 1 amide bonds. The number of aromatic nitrogens is 4. The number of ether oxygens (including phenoxy) is 1. The highest BCUT2D eigenvalue weighted by Crippen LogP contribution is 2.28. The fourth-order valence-corrected chi connectivity index (χ4v) is 4.23. The van der Waals surface area contributed by atoms with Crippen molar-refractivity contribution in [3.8, 4) is 17.0 Å². The number of carbonyl (C=O) groups excluding carboxylic acids is 1. The number of rotatable bonds is 4. The van der Waals surface area contributed by atoms with Crippen molar-refractivity contribution in [3.63, 3.8) is 0 Å². The lowest BCUT2D eigenvalue weighted by atomic mass is 10.1. The Morgan fingerprint density at radius 3 is 2.35 bits per heavy atom. The molecule has 0 saturated carbocycles. The Bertz CT molecular complexity index is 1490. The Morgan fingerprint density at radius 2 is 1.75 bits per heavy atom. The van der Waals surface area contributed by atoms with Crippen LogP contribution in [0.2, 0.25) is 0 Å². The van der Waals surface area contributed by atoms with Crippen LogP contribution < -0.4 is 4.74 Å². The molecule has 1 aromatic carbocycles. The molecule has 1 saturated heterocycles. The van der Waals surface area contributed by atoms with Crippen molar-refractivity contribution >= 4 is 17.5 Å². The number of benzene rings is 1. The number of halogens is 3. The molecule has 1 aliphatic heterocycles. The Morgan fingerprint density at radius 1 is 1.05 bits per heavy atom. The number of alkyl halides is 3. The molecule has 0 aliphatic carbocycles. The molecule has 0 radical (unpaired) electrons. The molecule has 1 N–H and O–H groups in total. The van der Waals surface area contributed by atoms with Gasteiger partial charge in [0.15, 0.2) is 0 Å². The summed E-state index contributed by atoms with van der Waals surface area (Å²) in [5.74, 6) is -2.03. The number of carbonyl (C=O) groups is 2. The van der Waals surface area contributed by atoms with Crippen LogP contribution in [0.1, 0.15) is 27.9 Å². The fourth-order valence-electron chi connectivity index (χ4n) is 4.23. The highest BCUT2D eigenvalue weighted by molar-refractivity contribution is 5.92. The minimum absolute atomic E-state index is 0.00951. The van der Waals surface area contributed by atoms with Crippen molar-refractivity contribution in [2.75, 3.05) is 33.8 Å². The summed E-state index contributed by atoms with van der Waals surface area (Å²) < 4.78 is 39.1. The van der Waals surface area contributed by atoms with Crippen LogP contribution >= 0.6 is 0 Å². The van der Waals surface area contributed by atoms with E-state index in [-0.39, 0.29) is 11.9 Å². The van der Waals surface area contributed by atoms with Crippen LogP contribution in [0.5, 0.6) is 5.75 Å². The van der Waals surface area contributed by atoms with Gasteiger partial charge in [0.05, 0.1) is 36.4 Å². The molecule has 5 rings (SSSR count). The average Bonchev–Trinajstić information content (AvgIpc) is 3.37. The number of carboxylic acids is 1. The number of amides is 1. The highest BCUT2D eigenvalue weighted by atomic mass is 19.4. The molecular formula is C27H27F3N6O4. The SMILES string of the molecule is COc1ccc(-c2cccc3nc(C4CN(C(=O)c5cnc(C)cn5)CCN4C)cn23)cc1.O=C(O)C(F)(F)F. The van der Waals surface area contributed by atoms with Gasteiger partial charge >= 0.3 is 12.1 Å². The maximum atomic E-state index is 13.0. The van der Waals surface area contributed by atoms with E-state index in [4.69, 9.17) is 19.6 Å². The second-order valence-corrected chi connectivity index (χ2v) is 9.13. The van der Waals surface area contributed by atoms with Crippen LogP contribution in [-0.4, -0.2) is 86.1 Å². The van der Waals surface area contributed by atoms with Crippen molar-refractivity contribution in [2.45, 2.75) is 19.1 Å². The molecule has 0 bridgehead atoms. The largest absolute Gasteiger partial charge is 0.497 e. The first kappa shape index (κ1) is 28.5. The number of aliphatic carboxylic acids is 1. The van der Waals surface area contributed by atoms with Gasteiger partial charge in [0.2, 0.25) is 0 Å². The van der Waals surface area contributed by atoms with Gasteiger partial charge in [0.25, 0.3) is 5.91 Å². The zero-order chi connectivity index (χ0) is 29.0. The van der Waals surface area contributed by atoms with Crippen molar-refractivity contribution in [2.24, 2.45) is 0 Å². The van der Waals surface area contributed by atoms with Gasteiger partial charge in [-0.3, -0.25) is 19.1 Å². The summed E-state index contributed by atoms with van der Waals surface area (Å²) in [4.78, 5) is 39.4. The minimum Gasteiger partial charge on any atom is -0.497 e. The first-order valence-corrected chi connectivity index (χ1v) is 12.2. The maximum absolute atomic E-state index is 13.0. The predicted molar refractivity (Wildman–Crippen MR) is 139 cm³/mol. The van der Waals surface area contributed by atoms with Gasteiger partial charge in [0.1, 0.15) is 17.1 Å². The number of pyridine rings is 1. The number of nitrogens with zero attached hydrogens (tertiary/aromatic N) is 6. The van der Waals surface area contributed by atoms with E-state index in [9.17, 15) is 18.0 Å². The Kier molecular flexibility index (Phi) is 8.33. The topological polar surface area (TPSA) is 113 Å². The monoisotopic (exact) mass is 556 g/mol. The van der Waals surface area contributed by atoms with Crippen LogP contribution in [0.25, 0.3) is 16.9 Å². The first-order chi connectivity index (χ1) is 19.0. The second-order valence-electron chi connectivity index (χ2n) is 9.13. The third-order valence-corrected chi connectivity index (χ3v) is 6.42. The molecule has 210 valence electrons. The van der Waals surface area contributed by atoms with Crippen LogP contribution in [0, 0.1) is 6.92 Å². The van der Waals surface area contributed by atoms with Gasteiger partial charge in [-0.2, -0.15) is 13.2 Å². The standard InChI is InChI=1S/C25H26N6O2.C2HF3O2/c1-17-13-27-20(14-26-17)25(32)30-12-11-29(2)23(16-30)21-15-31-22(5-4-6-24(31)28-21)18-7-9-19(33-3)10-8-18;3-2(4,5)1(6)7/h4-10,13-15,23H,11-12,16H2,1-3H3;(H,6,7). The van der Waals surface area contributed by atoms with Crippen LogP contribution in [-0.2, 0) is 4.79 Å². The number of carboxylic acid groups (broad SMARTS) is 1. The number of piperazine rings is 1. The lowest BCUT2D eigenvalue weighted by Crippen LogP contribution is -2.49.